The van der Waals surface area contributed by atoms with Crippen LogP contribution in [0, 0.1) is 0 Å². The van der Waals surface area contributed by atoms with Crippen LogP contribution in [0.1, 0.15) is 79.6 Å². The molecule has 0 aliphatic carbocycles. The van der Waals surface area contributed by atoms with E-state index in [1.54, 1.807) is 0 Å². The SMILES string of the molecule is CCCCCCC(=O)Nc1ccc(N([C@H](C)CC)[C@H](C)CC)cc1. The first-order valence-electron chi connectivity index (χ1n) is 9.71. The molecule has 0 saturated heterocycles. The summed E-state index contributed by atoms with van der Waals surface area (Å²) in [7, 11) is 0. The van der Waals surface area contributed by atoms with Crippen LogP contribution in [-0.4, -0.2) is 18.0 Å². The fraction of sp³-hybridized carbons (Fsp3) is 0.667. The van der Waals surface area contributed by atoms with Crippen LogP contribution in [-0.2, 0) is 4.79 Å². The van der Waals surface area contributed by atoms with Crippen LogP contribution in [0.4, 0.5) is 11.4 Å². The van der Waals surface area contributed by atoms with Gasteiger partial charge >= 0.3 is 0 Å². The summed E-state index contributed by atoms with van der Waals surface area (Å²) in [5, 5.41) is 3.01. The molecule has 0 fully saturated rings. The molecule has 3 heteroatoms. The Morgan fingerprint density at radius 3 is 2.04 bits per heavy atom. The summed E-state index contributed by atoms with van der Waals surface area (Å²) in [4.78, 5) is 14.5. The van der Waals surface area contributed by atoms with E-state index in [0.29, 0.717) is 18.5 Å². The zero-order valence-corrected chi connectivity index (χ0v) is 16.3. The molecule has 1 amide bonds. The van der Waals surface area contributed by atoms with Gasteiger partial charge in [-0.3, -0.25) is 4.79 Å². The predicted molar refractivity (Wildman–Crippen MR) is 106 cm³/mol. The first-order valence-corrected chi connectivity index (χ1v) is 9.71. The molecule has 0 aliphatic heterocycles. The quantitative estimate of drug-likeness (QED) is 0.504. The standard InChI is InChI=1S/C21H36N2O/c1-6-9-10-11-12-21(24)22-19-13-15-20(16-14-19)23(17(4)7-2)18(5)8-3/h13-18H,6-12H2,1-5H3,(H,22,24)/t17-,18-/m1/s1. The van der Waals surface area contributed by atoms with Crippen molar-refractivity contribution < 1.29 is 4.79 Å². The van der Waals surface area contributed by atoms with Crippen LogP contribution in [0.15, 0.2) is 24.3 Å². The number of nitrogens with one attached hydrogen (secondary N) is 1. The molecule has 0 saturated carbocycles. The maximum atomic E-state index is 12.0. The molecule has 3 nitrogen and oxygen atoms in total. The summed E-state index contributed by atoms with van der Waals surface area (Å²) in [5.41, 5.74) is 2.13. The van der Waals surface area contributed by atoms with Gasteiger partial charge in [0, 0.05) is 29.9 Å². The van der Waals surface area contributed by atoms with E-state index in [1.807, 2.05) is 12.1 Å². The predicted octanol–water partition coefficient (Wildman–Crippen LogP) is 6.00. The average Bonchev–Trinajstić information content (AvgIpc) is 2.60. The van der Waals surface area contributed by atoms with E-state index in [-0.39, 0.29) is 5.91 Å². The first-order chi connectivity index (χ1) is 11.5. The maximum Gasteiger partial charge on any atom is 0.224 e. The van der Waals surface area contributed by atoms with E-state index >= 15 is 0 Å². The first kappa shape index (κ1) is 20.5. The zero-order chi connectivity index (χ0) is 17.9. The Morgan fingerprint density at radius 2 is 1.54 bits per heavy atom. The molecule has 136 valence electrons. The van der Waals surface area contributed by atoms with Crippen molar-refractivity contribution >= 4 is 17.3 Å². The monoisotopic (exact) mass is 332 g/mol. The second-order valence-corrected chi connectivity index (χ2v) is 6.83. The molecule has 1 rings (SSSR count). The van der Waals surface area contributed by atoms with Gasteiger partial charge < -0.3 is 10.2 Å². The molecule has 0 bridgehead atoms. The number of anilines is 2. The van der Waals surface area contributed by atoms with Crippen LogP contribution in [0.5, 0.6) is 0 Å². The number of benzene rings is 1. The fourth-order valence-corrected chi connectivity index (χ4v) is 2.99. The van der Waals surface area contributed by atoms with Crippen molar-refractivity contribution in [3.63, 3.8) is 0 Å². The molecule has 1 aromatic carbocycles. The van der Waals surface area contributed by atoms with Crippen LogP contribution in [0.3, 0.4) is 0 Å². The van der Waals surface area contributed by atoms with Crippen molar-refractivity contribution in [2.75, 3.05) is 10.2 Å². The van der Waals surface area contributed by atoms with Crippen molar-refractivity contribution in [3.05, 3.63) is 24.3 Å². The van der Waals surface area contributed by atoms with Gasteiger partial charge in [-0.25, -0.2) is 0 Å². The molecular weight excluding hydrogens is 296 g/mol. The third-order valence-electron chi connectivity index (χ3n) is 4.84. The summed E-state index contributed by atoms with van der Waals surface area (Å²) in [5.74, 6) is 0.125. The minimum Gasteiger partial charge on any atom is -0.366 e. The summed E-state index contributed by atoms with van der Waals surface area (Å²) < 4.78 is 0. The van der Waals surface area contributed by atoms with E-state index in [2.05, 4.69) is 57.0 Å². The fourth-order valence-electron chi connectivity index (χ4n) is 2.99. The Balaban J connectivity index is 2.65. The third kappa shape index (κ3) is 6.54. The van der Waals surface area contributed by atoms with Gasteiger partial charge in [0.05, 0.1) is 0 Å². The molecule has 0 radical (unpaired) electrons. The van der Waals surface area contributed by atoms with Crippen molar-refractivity contribution in [2.45, 2.75) is 91.6 Å². The Morgan fingerprint density at radius 1 is 0.958 bits per heavy atom. The lowest BCUT2D eigenvalue weighted by atomic mass is 10.1. The molecule has 2 atom stereocenters. The summed E-state index contributed by atoms with van der Waals surface area (Å²) in [6, 6.07) is 9.34. The van der Waals surface area contributed by atoms with Crippen LogP contribution in [0.2, 0.25) is 0 Å². The third-order valence-corrected chi connectivity index (χ3v) is 4.84. The van der Waals surface area contributed by atoms with Crippen molar-refractivity contribution in [1.82, 2.24) is 0 Å². The Bertz CT molecular complexity index is 459. The van der Waals surface area contributed by atoms with Crippen molar-refractivity contribution in [3.8, 4) is 0 Å². The van der Waals surface area contributed by atoms with Gasteiger partial charge in [0.25, 0.3) is 0 Å². The lowest BCUT2D eigenvalue weighted by Gasteiger charge is -2.36. The van der Waals surface area contributed by atoms with Gasteiger partial charge in [-0.1, -0.05) is 40.0 Å². The van der Waals surface area contributed by atoms with E-state index in [9.17, 15) is 4.79 Å². The number of carbonyl (C=O) groups excluding carboxylic acids is 1. The summed E-state index contributed by atoms with van der Waals surface area (Å²) >= 11 is 0. The maximum absolute atomic E-state index is 12.0. The van der Waals surface area contributed by atoms with E-state index in [1.165, 1.54) is 18.5 Å². The molecule has 1 aromatic rings. The average molecular weight is 333 g/mol. The minimum atomic E-state index is 0.125. The topological polar surface area (TPSA) is 32.3 Å². The van der Waals surface area contributed by atoms with E-state index in [4.69, 9.17) is 0 Å². The highest BCUT2D eigenvalue weighted by Gasteiger charge is 2.18. The second kappa shape index (κ2) is 11.1. The lowest BCUT2D eigenvalue weighted by Crippen LogP contribution is -2.39. The lowest BCUT2D eigenvalue weighted by molar-refractivity contribution is -0.116. The Kier molecular flexibility index (Phi) is 9.51. The van der Waals surface area contributed by atoms with Crippen LogP contribution >= 0.6 is 0 Å². The highest BCUT2D eigenvalue weighted by Crippen LogP contribution is 2.25. The summed E-state index contributed by atoms with van der Waals surface area (Å²) in [6.07, 6.45) is 7.40. The molecule has 0 heterocycles. The van der Waals surface area contributed by atoms with Gasteiger partial charge in [-0.2, -0.15) is 0 Å². The molecule has 0 aliphatic rings. The van der Waals surface area contributed by atoms with Crippen LogP contribution < -0.4 is 10.2 Å². The number of hydrogen-bond acceptors (Lipinski definition) is 2. The van der Waals surface area contributed by atoms with Gasteiger partial charge in [0.15, 0.2) is 0 Å². The zero-order valence-electron chi connectivity index (χ0n) is 16.3. The van der Waals surface area contributed by atoms with Crippen LogP contribution in [0.25, 0.3) is 0 Å². The van der Waals surface area contributed by atoms with E-state index < -0.39 is 0 Å². The molecule has 0 unspecified atom stereocenters. The van der Waals surface area contributed by atoms with Gasteiger partial charge in [0.1, 0.15) is 0 Å². The van der Waals surface area contributed by atoms with Gasteiger partial charge in [0.2, 0.25) is 5.91 Å². The Hall–Kier alpha value is -1.51. The number of rotatable bonds is 11. The normalized spacial score (nSPS) is 13.4. The smallest absolute Gasteiger partial charge is 0.224 e. The number of nitrogens with zero attached hydrogens (tertiary/aromatic N) is 1. The van der Waals surface area contributed by atoms with Gasteiger partial charge in [-0.05, 0) is 57.4 Å². The number of hydrogen-bond donors (Lipinski definition) is 1. The molecule has 0 spiro atoms. The number of unbranched alkanes of at least 4 members (excludes halogenated alkanes) is 3. The number of carbonyl (C=O) groups is 1. The van der Waals surface area contributed by atoms with Crippen molar-refractivity contribution in [1.29, 1.82) is 0 Å². The van der Waals surface area contributed by atoms with E-state index in [0.717, 1.165) is 31.4 Å². The molecular formula is C21H36N2O. The van der Waals surface area contributed by atoms with Crippen molar-refractivity contribution in [2.24, 2.45) is 0 Å². The minimum absolute atomic E-state index is 0.125. The number of amides is 1. The molecule has 0 aromatic heterocycles. The second-order valence-electron chi connectivity index (χ2n) is 6.83. The highest BCUT2D eigenvalue weighted by molar-refractivity contribution is 5.90. The molecule has 1 N–H and O–H groups in total. The largest absolute Gasteiger partial charge is 0.366 e. The highest BCUT2D eigenvalue weighted by atomic mass is 16.1. The summed E-state index contributed by atoms with van der Waals surface area (Å²) in [6.45, 7) is 11.2. The molecule has 24 heavy (non-hydrogen) atoms. The Labute approximate surface area is 148 Å². The van der Waals surface area contributed by atoms with Gasteiger partial charge in [-0.15, -0.1) is 0 Å².